The zero-order chi connectivity index (χ0) is 18.6. The Kier molecular flexibility index (Phi) is 5.30. The molecule has 27 heavy (non-hydrogen) atoms. The lowest BCUT2D eigenvalue weighted by molar-refractivity contribution is 0.641. The number of anilines is 3. The molecule has 3 aromatic rings. The maximum Gasteiger partial charge on any atom is 0.228 e. The number of halogens is 1. The van der Waals surface area contributed by atoms with Crippen molar-refractivity contribution < 1.29 is 0 Å². The number of para-hydroxylation sites is 1. The average molecular weight is 382 g/mol. The molecule has 1 fully saturated rings. The Bertz CT molecular complexity index is 904. The molecule has 6 heteroatoms. The number of fused-ring (bicyclic) bond motifs is 1. The Morgan fingerprint density at radius 1 is 0.926 bits per heavy atom. The van der Waals surface area contributed by atoms with Crippen LogP contribution in [0.15, 0.2) is 48.5 Å². The van der Waals surface area contributed by atoms with Crippen molar-refractivity contribution in [2.75, 3.05) is 47.8 Å². The van der Waals surface area contributed by atoms with Crippen LogP contribution in [0.4, 0.5) is 17.5 Å². The second-order valence-corrected chi connectivity index (χ2v) is 7.20. The maximum atomic E-state index is 6.00. The molecule has 1 aliphatic heterocycles. The highest BCUT2D eigenvalue weighted by Gasteiger charge is 2.20. The van der Waals surface area contributed by atoms with Crippen LogP contribution < -0.4 is 15.1 Å². The number of nitrogens with one attached hydrogen (secondary N) is 1. The van der Waals surface area contributed by atoms with Crippen LogP contribution in [-0.4, -0.2) is 42.7 Å². The van der Waals surface area contributed by atoms with E-state index in [0.29, 0.717) is 0 Å². The Labute approximate surface area is 165 Å². The van der Waals surface area contributed by atoms with Gasteiger partial charge >= 0.3 is 0 Å². The van der Waals surface area contributed by atoms with E-state index < -0.39 is 0 Å². The molecule has 0 amide bonds. The SMILES string of the molecule is CCCNc1nc(N2CCN(c3ccc(Cl)cc3)CC2)nc2ccccc12. The van der Waals surface area contributed by atoms with Crippen molar-refractivity contribution in [2.24, 2.45) is 0 Å². The standard InChI is InChI=1S/C21H24ClN5/c1-2-11-23-20-18-5-3-4-6-19(18)24-21(25-20)27-14-12-26(13-15-27)17-9-7-16(22)8-10-17/h3-10H,2,11-15H2,1H3,(H,23,24,25). The van der Waals surface area contributed by atoms with Crippen LogP contribution in [-0.2, 0) is 0 Å². The number of piperazine rings is 1. The predicted octanol–water partition coefficient (Wildman–Crippen LogP) is 4.43. The molecule has 0 radical (unpaired) electrons. The Hall–Kier alpha value is -2.53. The van der Waals surface area contributed by atoms with Crippen molar-refractivity contribution in [3.8, 4) is 0 Å². The van der Waals surface area contributed by atoms with E-state index in [9.17, 15) is 0 Å². The zero-order valence-corrected chi connectivity index (χ0v) is 16.3. The summed E-state index contributed by atoms with van der Waals surface area (Å²) in [6.45, 7) is 6.74. The van der Waals surface area contributed by atoms with Gasteiger partial charge in [0.1, 0.15) is 5.82 Å². The average Bonchev–Trinajstić information content (AvgIpc) is 2.72. The third kappa shape index (κ3) is 3.93. The Morgan fingerprint density at radius 3 is 2.37 bits per heavy atom. The van der Waals surface area contributed by atoms with Gasteiger partial charge < -0.3 is 15.1 Å². The fourth-order valence-corrected chi connectivity index (χ4v) is 3.53. The molecule has 0 spiro atoms. The number of rotatable bonds is 5. The fraction of sp³-hybridized carbons (Fsp3) is 0.333. The van der Waals surface area contributed by atoms with Gasteiger partial charge in [-0.25, -0.2) is 4.98 Å². The molecular formula is C21H24ClN5. The third-order valence-corrected chi connectivity index (χ3v) is 5.14. The fourth-order valence-electron chi connectivity index (χ4n) is 3.40. The van der Waals surface area contributed by atoms with Gasteiger partial charge in [0.25, 0.3) is 0 Å². The van der Waals surface area contributed by atoms with Gasteiger partial charge in [-0.1, -0.05) is 30.7 Å². The van der Waals surface area contributed by atoms with Crippen LogP contribution in [0.2, 0.25) is 5.02 Å². The molecule has 0 saturated carbocycles. The van der Waals surface area contributed by atoms with Gasteiger partial charge in [-0.05, 0) is 42.8 Å². The lowest BCUT2D eigenvalue weighted by Gasteiger charge is -2.36. The molecule has 0 aliphatic carbocycles. The predicted molar refractivity (Wildman–Crippen MR) is 114 cm³/mol. The summed E-state index contributed by atoms with van der Waals surface area (Å²) in [6.07, 6.45) is 1.06. The quantitative estimate of drug-likeness (QED) is 0.708. The molecule has 140 valence electrons. The summed E-state index contributed by atoms with van der Waals surface area (Å²) >= 11 is 6.00. The van der Waals surface area contributed by atoms with Gasteiger partial charge in [-0.15, -0.1) is 0 Å². The summed E-state index contributed by atoms with van der Waals surface area (Å²) in [5.41, 5.74) is 2.20. The number of hydrogen-bond acceptors (Lipinski definition) is 5. The highest BCUT2D eigenvalue weighted by molar-refractivity contribution is 6.30. The number of nitrogens with zero attached hydrogens (tertiary/aromatic N) is 4. The minimum atomic E-state index is 0.772. The Morgan fingerprint density at radius 2 is 1.63 bits per heavy atom. The van der Waals surface area contributed by atoms with Crippen molar-refractivity contribution in [3.05, 3.63) is 53.6 Å². The van der Waals surface area contributed by atoms with Gasteiger partial charge in [-0.2, -0.15) is 4.98 Å². The van der Waals surface area contributed by atoms with Crippen molar-refractivity contribution in [2.45, 2.75) is 13.3 Å². The molecular weight excluding hydrogens is 358 g/mol. The van der Waals surface area contributed by atoms with Gasteiger partial charge in [0.15, 0.2) is 0 Å². The molecule has 4 rings (SSSR count). The molecule has 2 heterocycles. The largest absolute Gasteiger partial charge is 0.369 e. The molecule has 0 unspecified atom stereocenters. The lowest BCUT2D eigenvalue weighted by Crippen LogP contribution is -2.47. The van der Waals surface area contributed by atoms with E-state index >= 15 is 0 Å². The second-order valence-electron chi connectivity index (χ2n) is 6.77. The van der Waals surface area contributed by atoms with E-state index in [4.69, 9.17) is 21.6 Å². The highest BCUT2D eigenvalue weighted by Crippen LogP contribution is 2.25. The van der Waals surface area contributed by atoms with Crippen LogP contribution in [0.3, 0.4) is 0 Å². The summed E-state index contributed by atoms with van der Waals surface area (Å²) in [4.78, 5) is 14.3. The topological polar surface area (TPSA) is 44.3 Å². The molecule has 0 atom stereocenters. The monoisotopic (exact) mass is 381 g/mol. The first-order valence-corrected chi connectivity index (χ1v) is 9.88. The van der Waals surface area contributed by atoms with E-state index in [-0.39, 0.29) is 0 Å². The molecule has 2 aromatic carbocycles. The van der Waals surface area contributed by atoms with E-state index in [1.165, 1.54) is 5.69 Å². The summed E-state index contributed by atoms with van der Waals surface area (Å²) in [5.74, 6) is 1.74. The summed E-state index contributed by atoms with van der Waals surface area (Å²) in [5, 5.41) is 5.31. The molecule has 1 N–H and O–H groups in total. The molecule has 5 nitrogen and oxygen atoms in total. The second kappa shape index (κ2) is 8.01. The first-order chi connectivity index (χ1) is 13.2. The summed E-state index contributed by atoms with van der Waals surface area (Å²) in [6, 6.07) is 16.3. The maximum absolute atomic E-state index is 6.00. The van der Waals surface area contributed by atoms with E-state index in [0.717, 1.165) is 66.8 Å². The number of hydrogen-bond donors (Lipinski definition) is 1. The molecule has 1 aliphatic rings. The van der Waals surface area contributed by atoms with E-state index in [1.807, 2.05) is 24.3 Å². The normalized spacial score (nSPS) is 14.6. The minimum Gasteiger partial charge on any atom is -0.369 e. The highest BCUT2D eigenvalue weighted by atomic mass is 35.5. The minimum absolute atomic E-state index is 0.772. The van der Waals surface area contributed by atoms with Crippen molar-refractivity contribution >= 4 is 40.0 Å². The molecule has 0 bridgehead atoms. The Balaban J connectivity index is 1.53. The van der Waals surface area contributed by atoms with Crippen LogP contribution in [0.1, 0.15) is 13.3 Å². The molecule has 1 saturated heterocycles. The van der Waals surface area contributed by atoms with Gasteiger partial charge in [0.2, 0.25) is 5.95 Å². The van der Waals surface area contributed by atoms with Crippen molar-refractivity contribution in [1.29, 1.82) is 0 Å². The van der Waals surface area contributed by atoms with Crippen LogP contribution >= 0.6 is 11.6 Å². The van der Waals surface area contributed by atoms with Gasteiger partial charge in [0, 0.05) is 48.8 Å². The lowest BCUT2D eigenvalue weighted by atomic mass is 10.2. The van der Waals surface area contributed by atoms with E-state index in [1.54, 1.807) is 0 Å². The van der Waals surface area contributed by atoms with Crippen molar-refractivity contribution in [3.63, 3.8) is 0 Å². The van der Waals surface area contributed by atoms with Gasteiger partial charge in [0.05, 0.1) is 5.52 Å². The smallest absolute Gasteiger partial charge is 0.228 e. The summed E-state index contributed by atoms with van der Waals surface area (Å²) < 4.78 is 0. The third-order valence-electron chi connectivity index (χ3n) is 4.89. The summed E-state index contributed by atoms with van der Waals surface area (Å²) in [7, 11) is 0. The number of benzene rings is 2. The van der Waals surface area contributed by atoms with Crippen LogP contribution in [0.5, 0.6) is 0 Å². The van der Waals surface area contributed by atoms with Crippen LogP contribution in [0, 0.1) is 0 Å². The zero-order valence-electron chi connectivity index (χ0n) is 15.5. The van der Waals surface area contributed by atoms with Gasteiger partial charge in [-0.3, -0.25) is 0 Å². The first kappa shape index (κ1) is 17.9. The molecule has 1 aromatic heterocycles. The first-order valence-electron chi connectivity index (χ1n) is 9.50. The van der Waals surface area contributed by atoms with Crippen LogP contribution in [0.25, 0.3) is 10.9 Å². The number of aromatic nitrogens is 2. The van der Waals surface area contributed by atoms with Crippen molar-refractivity contribution in [1.82, 2.24) is 9.97 Å². The van der Waals surface area contributed by atoms with E-state index in [2.05, 4.69) is 46.3 Å².